The Labute approximate surface area is 126 Å². The fourth-order valence-corrected chi connectivity index (χ4v) is 3.45. The van der Waals surface area contributed by atoms with Crippen LogP contribution in [0.25, 0.3) is 0 Å². The maximum absolute atomic E-state index is 10.3. The average molecular weight is 341 g/mol. The molecule has 1 heterocycles. The molecule has 2 aromatic rings. The molecule has 102 valence electrons. The third kappa shape index (κ3) is 3.41. The maximum Gasteiger partial charge on any atom is 0.106 e. The topological polar surface area (TPSA) is 38.0 Å². The zero-order valence-electron chi connectivity index (χ0n) is 11.0. The summed E-state index contributed by atoms with van der Waals surface area (Å²) in [5, 5.41) is 14.6. The van der Waals surface area contributed by atoms with E-state index < -0.39 is 6.10 Å². The number of nitrogens with zero attached hydrogens (tertiary/aromatic N) is 2. The molecule has 0 radical (unpaired) electrons. The lowest BCUT2D eigenvalue weighted by atomic mass is 10.2. The molecule has 1 aromatic heterocycles. The van der Waals surface area contributed by atoms with Gasteiger partial charge in [0.15, 0.2) is 0 Å². The minimum atomic E-state index is -0.526. The molecule has 1 unspecified atom stereocenters. The molecule has 19 heavy (non-hydrogen) atoms. The third-order valence-corrected chi connectivity index (χ3v) is 4.80. The van der Waals surface area contributed by atoms with Crippen molar-refractivity contribution in [3.05, 3.63) is 46.2 Å². The molecule has 0 aliphatic heterocycles. The number of thioether (sulfide) groups is 1. The van der Waals surface area contributed by atoms with Crippen LogP contribution in [0, 0.1) is 6.92 Å². The molecule has 0 aliphatic rings. The molecular formula is C14H17BrN2OS. The van der Waals surface area contributed by atoms with E-state index in [0.29, 0.717) is 5.75 Å². The molecular weight excluding hydrogens is 324 g/mol. The first-order valence-corrected chi connectivity index (χ1v) is 7.99. The Bertz CT molecular complexity index is 556. The van der Waals surface area contributed by atoms with Gasteiger partial charge < -0.3 is 5.11 Å². The van der Waals surface area contributed by atoms with Crippen molar-refractivity contribution in [1.29, 1.82) is 0 Å². The first-order chi connectivity index (χ1) is 9.13. The Hall–Kier alpha value is -0.780. The average Bonchev–Trinajstić information content (AvgIpc) is 2.78. The minimum absolute atomic E-state index is 0.526. The second kappa shape index (κ2) is 6.59. The monoisotopic (exact) mass is 340 g/mol. The van der Waals surface area contributed by atoms with Crippen LogP contribution in [0.4, 0.5) is 0 Å². The van der Waals surface area contributed by atoms with Crippen LogP contribution in [0.5, 0.6) is 0 Å². The molecule has 2 rings (SSSR count). The number of hydrogen-bond donors (Lipinski definition) is 1. The van der Waals surface area contributed by atoms with Crippen molar-refractivity contribution in [3.63, 3.8) is 0 Å². The maximum atomic E-state index is 10.3. The largest absolute Gasteiger partial charge is 0.386 e. The molecule has 0 saturated carbocycles. The third-order valence-electron chi connectivity index (χ3n) is 2.94. The smallest absolute Gasteiger partial charge is 0.106 e. The van der Waals surface area contributed by atoms with Crippen LogP contribution in [0.1, 0.15) is 24.3 Å². The lowest BCUT2D eigenvalue weighted by Gasteiger charge is -2.13. The van der Waals surface area contributed by atoms with E-state index in [1.54, 1.807) is 18.0 Å². The van der Waals surface area contributed by atoms with Crippen LogP contribution in [0.3, 0.4) is 0 Å². The summed E-state index contributed by atoms with van der Waals surface area (Å²) in [6.07, 6.45) is 1.21. The van der Waals surface area contributed by atoms with E-state index in [1.165, 1.54) is 10.5 Å². The number of aliphatic hydroxyl groups is 1. The van der Waals surface area contributed by atoms with E-state index in [-0.39, 0.29) is 0 Å². The van der Waals surface area contributed by atoms with Crippen molar-refractivity contribution in [2.24, 2.45) is 0 Å². The molecule has 0 aliphatic carbocycles. The summed E-state index contributed by atoms with van der Waals surface area (Å²) in [5.41, 5.74) is 2.09. The van der Waals surface area contributed by atoms with Crippen LogP contribution in [0.15, 0.2) is 39.8 Å². The first kappa shape index (κ1) is 14.6. The summed E-state index contributed by atoms with van der Waals surface area (Å²) in [5.74, 6) is 0.620. The fraction of sp³-hybridized carbons (Fsp3) is 0.357. The van der Waals surface area contributed by atoms with Gasteiger partial charge in [-0.05, 0) is 41.4 Å². The number of rotatable bonds is 5. The number of hydrogen-bond acceptors (Lipinski definition) is 3. The zero-order chi connectivity index (χ0) is 13.8. The van der Waals surface area contributed by atoms with Gasteiger partial charge in [-0.25, -0.2) is 0 Å². The highest BCUT2D eigenvalue weighted by atomic mass is 79.9. The number of aryl methyl sites for hydroxylation is 2. The number of benzene rings is 1. The molecule has 0 saturated heterocycles. The quantitative estimate of drug-likeness (QED) is 0.841. The van der Waals surface area contributed by atoms with Gasteiger partial charge in [-0.3, -0.25) is 4.68 Å². The van der Waals surface area contributed by atoms with Crippen LogP contribution >= 0.6 is 27.7 Å². The Morgan fingerprint density at radius 1 is 1.42 bits per heavy atom. The van der Waals surface area contributed by atoms with Crippen molar-refractivity contribution in [2.45, 2.75) is 31.4 Å². The molecule has 1 N–H and O–H groups in total. The summed E-state index contributed by atoms with van der Waals surface area (Å²) in [7, 11) is 0. The Morgan fingerprint density at radius 3 is 2.84 bits per heavy atom. The zero-order valence-corrected chi connectivity index (χ0v) is 13.4. The van der Waals surface area contributed by atoms with Crippen LogP contribution in [-0.4, -0.2) is 20.6 Å². The van der Waals surface area contributed by atoms with Crippen molar-refractivity contribution in [3.8, 4) is 0 Å². The van der Waals surface area contributed by atoms with E-state index in [1.807, 2.05) is 23.7 Å². The molecule has 5 heteroatoms. The van der Waals surface area contributed by atoms with E-state index in [9.17, 15) is 5.11 Å². The van der Waals surface area contributed by atoms with Crippen LogP contribution in [-0.2, 0) is 6.54 Å². The summed E-state index contributed by atoms with van der Waals surface area (Å²) in [4.78, 5) is 1.21. The number of halogens is 1. The standard InChI is InChI=1S/C14H17BrN2OS/c1-3-17-14(11(15)8-16-17)12(18)9-19-13-7-5-4-6-10(13)2/h4-8,12,18H,3,9H2,1-2H3. The Balaban J connectivity index is 2.07. The molecule has 3 nitrogen and oxygen atoms in total. The summed E-state index contributed by atoms with van der Waals surface area (Å²) >= 11 is 5.12. The molecule has 0 fully saturated rings. The van der Waals surface area contributed by atoms with Gasteiger partial charge in [-0.15, -0.1) is 11.8 Å². The number of aliphatic hydroxyl groups excluding tert-OH is 1. The van der Waals surface area contributed by atoms with Gasteiger partial charge in [0, 0.05) is 17.2 Å². The molecule has 1 aromatic carbocycles. The highest BCUT2D eigenvalue weighted by Crippen LogP contribution is 2.30. The first-order valence-electron chi connectivity index (χ1n) is 6.21. The summed E-state index contributed by atoms with van der Waals surface area (Å²) in [6.45, 7) is 4.86. The SMILES string of the molecule is CCn1ncc(Br)c1C(O)CSc1ccccc1C. The summed E-state index contributed by atoms with van der Waals surface area (Å²) < 4.78 is 2.69. The van der Waals surface area contributed by atoms with Gasteiger partial charge in [0.1, 0.15) is 6.10 Å². The lowest BCUT2D eigenvalue weighted by molar-refractivity contribution is 0.191. The fourth-order valence-electron chi connectivity index (χ4n) is 1.92. The molecule has 0 amide bonds. The van der Waals surface area contributed by atoms with Gasteiger partial charge in [0.2, 0.25) is 0 Å². The Morgan fingerprint density at radius 2 is 2.16 bits per heavy atom. The van der Waals surface area contributed by atoms with Gasteiger partial charge in [0.25, 0.3) is 0 Å². The predicted molar refractivity (Wildman–Crippen MR) is 82.5 cm³/mol. The van der Waals surface area contributed by atoms with E-state index in [0.717, 1.165) is 16.7 Å². The number of aromatic nitrogens is 2. The van der Waals surface area contributed by atoms with Crippen molar-refractivity contribution in [2.75, 3.05) is 5.75 Å². The highest BCUT2D eigenvalue weighted by Gasteiger charge is 2.17. The van der Waals surface area contributed by atoms with E-state index in [4.69, 9.17) is 0 Å². The predicted octanol–water partition coefficient (Wildman–Crippen LogP) is 3.80. The lowest BCUT2D eigenvalue weighted by Crippen LogP contribution is -2.10. The summed E-state index contributed by atoms with van der Waals surface area (Å²) in [6, 6.07) is 8.21. The van der Waals surface area contributed by atoms with E-state index in [2.05, 4.69) is 40.1 Å². The minimum Gasteiger partial charge on any atom is -0.386 e. The molecule has 0 spiro atoms. The Kier molecular flexibility index (Phi) is 5.07. The van der Waals surface area contributed by atoms with Crippen LogP contribution in [0.2, 0.25) is 0 Å². The second-order valence-electron chi connectivity index (χ2n) is 4.29. The highest BCUT2D eigenvalue weighted by molar-refractivity contribution is 9.10. The van der Waals surface area contributed by atoms with Crippen LogP contribution < -0.4 is 0 Å². The van der Waals surface area contributed by atoms with Gasteiger partial charge in [0.05, 0.1) is 16.4 Å². The normalized spacial score (nSPS) is 12.6. The van der Waals surface area contributed by atoms with Gasteiger partial charge in [-0.2, -0.15) is 5.10 Å². The second-order valence-corrected chi connectivity index (χ2v) is 6.20. The molecule has 0 bridgehead atoms. The van der Waals surface area contributed by atoms with Crippen molar-refractivity contribution in [1.82, 2.24) is 9.78 Å². The van der Waals surface area contributed by atoms with Crippen molar-refractivity contribution < 1.29 is 5.11 Å². The van der Waals surface area contributed by atoms with Crippen molar-refractivity contribution >= 4 is 27.7 Å². The molecule has 1 atom stereocenters. The van der Waals surface area contributed by atoms with Gasteiger partial charge in [-0.1, -0.05) is 18.2 Å². The van der Waals surface area contributed by atoms with E-state index >= 15 is 0 Å². The van der Waals surface area contributed by atoms with Gasteiger partial charge >= 0.3 is 0 Å².